The van der Waals surface area contributed by atoms with Crippen LogP contribution in [-0.2, 0) is 11.3 Å². The lowest BCUT2D eigenvalue weighted by Gasteiger charge is -2.14. The molecule has 2 heterocycles. The first-order chi connectivity index (χ1) is 16.1. The van der Waals surface area contributed by atoms with Crippen molar-refractivity contribution in [1.82, 2.24) is 4.57 Å². The molecule has 1 aliphatic heterocycles. The van der Waals surface area contributed by atoms with Gasteiger partial charge in [0.25, 0.3) is 0 Å². The summed E-state index contributed by atoms with van der Waals surface area (Å²) in [7, 11) is 0. The van der Waals surface area contributed by atoms with E-state index in [0.29, 0.717) is 41.0 Å². The molecule has 0 spiro atoms. The van der Waals surface area contributed by atoms with Gasteiger partial charge in [0.2, 0.25) is 11.7 Å². The van der Waals surface area contributed by atoms with E-state index in [1.165, 1.54) is 0 Å². The molecule has 0 radical (unpaired) electrons. The van der Waals surface area contributed by atoms with Crippen LogP contribution in [0.4, 0.5) is 5.69 Å². The standard InChI is InChI=1S/C28H22N2O3/c31-26(19-9-3-1-4-10-19)21-13-7-8-14-23(21)29-28(33)22-17-18-30-24(22)15-16-25(30)27(32)20-11-5-2-6-12-20/h1-16,22H,17-18H2,(H,29,33). The second-order valence-corrected chi connectivity index (χ2v) is 8.06. The molecule has 1 aromatic heterocycles. The highest BCUT2D eigenvalue weighted by Crippen LogP contribution is 2.33. The van der Waals surface area contributed by atoms with Crippen LogP contribution >= 0.6 is 0 Å². The molecule has 0 bridgehead atoms. The summed E-state index contributed by atoms with van der Waals surface area (Å²) in [6.45, 7) is 0.596. The quantitative estimate of drug-likeness (QED) is 0.431. The number of rotatable bonds is 6. The molecule has 33 heavy (non-hydrogen) atoms. The van der Waals surface area contributed by atoms with E-state index < -0.39 is 0 Å². The number of hydrogen-bond donors (Lipinski definition) is 1. The number of nitrogens with zero attached hydrogens (tertiary/aromatic N) is 1. The van der Waals surface area contributed by atoms with E-state index >= 15 is 0 Å². The predicted molar refractivity (Wildman–Crippen MR) is 127 cm³/mol. The first-order valence-corrected chi connectivity index (χ1v) is 10.9. The highest BCUT2D eigenvalue weighted by atomic mass is 16.2. The molecule has 4 aromatic rings. The number of hydrogen-bond acceptors (Lipinski definition) is 3. The molecule has 1 aliphatic rings. The summed E-state index contributed by atoms with van der Waals surface area (Å²) in [6, 6.07) is 28.8. The van der Waals surface area contributed by atoms with Crippen molar-refractivity contribution in [1.29, 1.82) is 0 Å². The van der Waals surface area contributed by atoms with Crippen molar-refractivity contribution in [3.63, 3.8) is 0 Å². The Bertz CT molecular complexity index is 1340. The predicted octanol–water partition coefficient (Wildman–Crippen LogP) is 5.08. The molecule has 1 amide bonds. The van der Waals surface area contributed by atoms with Crippen molar-refractivity contribution in [2.75, 3.05) is 5.32 Å². The Labute approximate surface area is 191 Å². The number of amides is 1. The monoisotopic (exact) mass is 434 g/mol. The zero-order chi connectivity index (χ0) is 22.8. The molecule has 1 atom stereocenters. The van der Waals surface area contributed by atoms with Gasteiger partial charge in [-0.05, 0) is 30.7 Å². The lowest BCUT2D eigenvalue weighted by molar-refractivity contribution is -0.117. The van der Waals surface area contributed by atoms with Gasteiger partial charge in [0.05, 0.1) is 17.3 Å². The lowest BCUT2D eigenvalue weighted by atomic mass is 10.00. The Kier molecular flexibility index (Phi) is 5.45. The number of anilines is 1. The third-order valence-electron chi connectivity index (χ3n) is 6.06. The number of carbonyl (C=O) groups excluding carboxylic acids is 3. The minimum atomic E-state index is -0.387. The Hall–Kier alpha value is -4.25. The summed E-state index contributed by atoms with van der Waals surface area (Å²) in [5.74, 6) is -0.764. The molecular weight excluding hydrogens is 412 g/mol. The average Bonchev–Trinajstić information content (AvgIpc) is 3.47. The van der Waals surface area contributed by atoms with Gasteiger partial charge >= 0.3 is 0 Å². The van der Waals surface area contributed by atoms with Gasteiger partial charge in [-0.15, -0.1) is 0 Å². The second kappa shape index (κ2) is 8.71. The van der Waals surface area contributed by atoms with Gasteiger partial charge in [-0.1, -0.05) is 72.8 Å². The van der Waals surface area contributed by atoms with Crippen LogP contribution in [0, 0.1) is 0 Å². The SMILES string of the molecule is O=C(c1ccccc1)c1ccccc1NC(=O)C1CCn2c(C(=O)c3ccccc3)ccc21. The summed E-state index contributed by atoms with van der Waals surface area (Å²) >= 11 is 0. The molecule has 0 aliphatic carbocycles. The second-order valence-electron chi connectivity index (χ2n) is 8.06. The lowest BCUT2D eigenvalue weighted by Crippen LogP contribution is -2.21. The van der Waals surface area contributed by atoms with Crippen molar-refractivity contribution >= 4 is 23.2 Å². The number of nitrogens with one attached hydrogen (secondary N) is 1. The highest BCUT2D eigenvalue weighted by molar-refractivity contribution is 6.14. The van der Waals surface area contributed by atoms with E-state index in [0.717, 1.165) is 5.69 Å². The van der Waals surface area contributed by atoms with E-state index in [4.69, 9.17) is 0 Å². The van der Waals surface area contributed by atoms with Gasteiger partial charge < -0.3 is 9.88 Å². The third-order valence-corrected chi connectivity index (χ3v) is 6.06. The van der Waals surface area contributed by atoms with Crippen LogP contribution in [-0.4, -0.2) is 22.0 Å². The minimum absolute atomic E-state index is 0.0540. The van der Waals surface area contributed by atoms with Crippen LogP contribution in [0.15, 0.2) is 97.1 Å². The number of aromatic nitrogens is 1. The van der Waals surface area contributed by atoms with Gasteiger partial charge in [0.15, 0.2) is 5.78 Å². The number of carbonyl (C=O) groups is 3. The Balaban J connectivity index is 1.38. The van der Waals surface area contributed by atoms with E-state index in [1.807, 2.05) is 47.0 Å². The number of fused-ring (bicyclic) bond motifs is 1. The summed E-state index contributed by atoms with van der Waals surface area (Å²) in [6.07, 6.45) is 0.603. The highest BCUT2D eigenvalue weighted by Gasteiger charge is 2.32. The largest absolute Gasteiger partial charge is 0.341 e. The number of ketones is 2. The van der Waals surface area contributed by atoms with Crippen molar-refractivity contribution < 1.29 is 14.4 Å². The maximum atomic E-state index is 13.2. The molecular formula is C28H22N2O3. The summed E-state index contributed by atoms with van der Waals surface area (Å²) in [4.78, 5) is 39.1. The fourth-order valence-electron chi connectivity index (χ4n) is 4.40. The van der Waals surface area contributed by atoms with Crippen LogP contribution in [0.3, 0.4) is 0 Å². The van der Waals surface area contributed by atoms with Gasteiger partial charge in [0, 0.05) is 28.9 Å². The topological polar surface area (TPSA) is 68.2 Å². The van der Waals surface area contributed by atoms with Crippen molar-refractivity contribution in [2.45, 2.75) is 18.9 Å². The molecule has 5 rings (SSSR count). The van der Waals surface area contributed by atoms with E-state index in [-0.39, 0.29) is 23.4 Å². The first kappa shape index (κ1) is 20.6. The third kappa shape index (κ3) is 3.89. The average molecular weight is 434 g/mol. The maximum Gasteiger partial charge on any atom is 0.233 e. The Morgan fingerprint density at radius 3 is 2.00 bits per heavy atom. The van der Waals surface area contributed by atoms with Crippen LogP contribution in [0.1, 0.15) is 50.0 Å². The molecule has 5 heteroatoms. The maximum absolute atomic E-state index is 13.2. The fraction of sp³-hybridized carbons (Fsp3) is 0.107. The summed E-state index contributed by atoms with van der Waals surface area (Å²) in [5.41, 5.74) is 3.54. The molecule has 1 unspecified atom stereocenters. The van der Waals surface area contributed by atoms with Crippen molar-refractivity contribution in [2.24, 2.45) is 0 Å². The molecule has 0 fully saturated rings. The number of para-hydroxylation sites is 1. The minimum Gasteiger partial charge on any atom is -0.341 e. The summed E-state index contributed by atoms with van der Waals surface area (Å²) < 4.78 is 1.93. The molecule has 1 N–H and O–H groups in total. The van der Waals surface area contributed by atoms with Crippen LogP contribution in [0.25, 0.3) is 0 Å². The fourth-order valence-corrected chi connectivity index (χ4v) is 4.40. The summed E-state index contributed by atoms with van der Waals surface area (Å²) in [5, 5.41) is 2.96. The van der Waals surface area contributed by atoms with Gasteiger partial charge in [-0.25, -0.2) is 0 Å². The Morgan fingerprint density at radius 1 is 0.697 bits per heavy atom. The van der Waals surface area contributed by atoms with Crippen molar-refractivity contribution in [3.8, 4) is 0 Å². The van der Waals surface area contributed by atoms with Gasteiger partial charge in [0.1, 0.15) is 0 Å². The van der Waals surface area contributed by atoms with E-state index in [9.17, 15) is 14.4 Å². The van der Waals surface area contributed by atoms with Crippen molar-refractivity contribution in [3.05, 3.63) is 125 Å². The molecule has 0 saturated heterocycles. The Morgan fingerprint density at radius 2 is 1.30 bits per heavy atom. The first-order valence-electron chi connectivity index (χ1n) is 10.9. The van der Waals surface area contributed by atoms with E-state index in [1.54, 1.807) is 54.6 Å². The molecule has 0 saturated carbocycles. The molecule has 5 nitrogen and oxygen atoms in total. The molecule has 3 aromatic carbocycles. The van der Waals surface area contributed by atoms with Crippen LogP contribution in [0.2, 0.25) is 0 Å². The zero-order valence-electron chi connectivity index (χ0n) is 17.9. The van der Waals surface area contributed by atoms with Crippen LogP contribution < -0.4 is 5.32 Å². The van der Waals surface area contributed by atoms with Crippen LogP contribution in [0.5, 0.6) is 0 Å². The molecule has 162 valence electrons. The zero-order valence-corrected chi connectivity index (χ0v) is 17.9. The van der Waals surface area contributed by atoms with E-state index in [2.05, 4.69) is 5.32 Å². The normalized spacial score (nSPS) is 14.5. The van der Waals surface area contributed by atoms with Gasteiger partial charge in [-0.3, -0.25) is 14.4 Å². The smallest absolute Gasteiger partial charge is 0.233 e. The number of benzene rings is 3. The van der Waals surface area contributed by atoms with Gasteiger partial charge in [-0.2, -0.15) is 0 Å².